The number of carbonyl (C=O) groups excluding carboxylic acids is 3. The number of rotatable bonds is 36. The van der Waals surface area contributed by atoms with Crippen LogP contribution in [0.25, 0.3) is 0 Å². The second-order valence-electron chi connectivity index (χ2n) is 17.4. The number of aliphatic hydroxyl groups excluding tert-OH is 2. The van der Waals surface area contributed by atoms with Crippen molar-refractivity contribution in [1.29, 1.82) is 0 Å². The molecule has 1 amide bonds. The molecule has 1 heterocycles. The van der Waals surface area contributed by atoms with Crippen LogP contribution >= 0.6 is 0 Å². The SMILES string of the molecule is CCCCCCCCCCCCC(OC(=O)CCCCCCCCc1ccccc1)C(=O)N[C@H]1C(O)O[C@H](CO)[C@@H](OS(=O)(=O)O)[C@@H]1OC(=O)CCCCCCCCc1ccccc1.[NaH]. The van der Waals surface area contributed by atoms with Crippen LogP contribution in [0.2, 0.25) is 0 Å². The zero-order chi connectivity index (χ0) is 46.3. The number of hydrogen-bond donors (Lipinski definition) is 4. The number of hydrogen-bond acceptors (Lipinski definition) is 11. The minimum absolute atomic E-state index is 0. The summed E-state index contributed by atoms with van der Waals surface area (Å²) in [6, 6.07) is 19.0. The van der Waals surface area contributed by atoms with Crippen LogP contribution in [0.15, 0.2) is 60.7 Å². The van der Waals surface area contributed by atoms with E-state index in [4.69, 9.17) is 18.4 Å². The second kappa shape index (κ2) is 35.7. The number of esters is 2. The Morgan fingerprint density at radius 1 is 0.646 bits per heavy atom. The first-order valence-electron chi connectivity index (χ1n) is 24.4. The number of aliphatic hydroxyl groups is 2. The molecule has 2 aromatic carbocycles. The van der Waals surface area contributed by atoms with E-state index in [-0.39, 0.29) is 48.8 Å². The summed E-state index contributed by atoms with van der Waals surface area (Å²) >= 11 is 0. The van der Waals surface area contributed by atoms with E-state index in [0.29, 0.717) is 19.3 Å². The number of aryl methyl sites for hydroxylation is 2. The Morgan fingerprint density at radius 3 is 1.57 bits per heavy atom. The first-order valence-corrected chi connectivity index (χ1v) is 25.7. The van der Waals surface area contributed by atoms with Gasteiger partial charge in [-0.1, -0.05) is 177 Å². The standard InChI is InChI=1S/C50H79NO12S.Na.H/c1-2-3-4-5-6-7-8-9-16-27-36-42(60-44(53)37-28-17-12-10-14-21-30-40-32-23-19-24-33-40)49(55)51-46-48(47(63-64(57,58)59)43(39-52)61-50(46)56)62-45(54)38-29-18-13-11-15-22-31-41-34-25-20-26-35-41;;/h19-20,23-26,32-35,42-43,46-48,50,52,56H,2-18,21-22,27-31,36-39H2,1H3,(H,51,55)(H,57,58,59);;/t42?,43-,46-,47-,48-,50?;;/m1../s1. The van der Waals surface area contributed by atoms with Crippen molar-refractivity contribution in [2.45, 2.75) is 217 Å². The van der Waals surface area contributed by atoms with Gasteiger partial charge in [0.15, 0.2) is 18.5 Å². The van der Waals surface area contributed by atoms with Crippen LogP contribution < -0.4 is 5.32 Å². The number of nitrogens with one attached hydrogen (secondary N) is 1. The van der Waals surface area contributed by atoms with Crippen LogP contribution in [-0.2, 0) is 56.0 Å². The van der Waals surface area contributed by atoms with Crippen molar-refractivity contribution in [1.82, 2.24) is 5.32 Å². The summed E-state index contributed by atoms with van der Waals surface area (Å²) in [7, 11) is -5.19. The van der Waals surface area contributed by atoms with Crippen molar-refractivity contribution in [3.8, 4) is 0 Å². The third-order valence-electron chi connectivity index (χ3n) is 11.9. The van der Waals surface area contributed by atoms with Gasteiger partial charge >= 0.3 is 51.9 Å². The second-order valence-corrected chi connectivity index (χ2v) is 18.4. The van der Waals surface area contributed by atoms with Crippen LogP contribution in [0.3, 0.4) is 0 Å². The Bertz CT molecular complexity index is 1650. The van der Waals surface area contributed by atoms with E-state index in [1.807, 2.05) is 36.4 Å². The molecule has 1 saturated heterocycles. The van der Waals surface area contributed by atoms with E-state index in [2.05, 4.69) is 36.5 Å². The van der Waals surface area contributed by atoms with Gasteiger partial charge in [0.1, 0.15) is 18.2 Å². The Balaban J connectivity index is 0.0000145. The fourth-order valence-electron chi connectivity index (χ4n) is 8.26. The fraction of sp³-hybridized carbons (Fsp3) is 0.700. The van der Waals surface area contributed by atoms with Gasteiger partial charge in [0.05, 0.1) is 6.61 Å². The molecule has 0 aromatic heterocycles. The molecule has 15 heteroatoms. The summed E-state index contributed by atoms with van der Waals surface area (Å²) in [6.07, 6.45) is 15.6. The molecule has 1 aliphatic heterocycles. The molecule has 0 spiro atoms. The molecule has 4 N–H and O–H groups in total. The summed E-state index contributed by atoms with van der Waals surface area (Å²) in [5, 5.41) is 23.7. The first-order chi connectivity index (χ1) is 31.0. The molecule has 0 aliphatic carbocycles. The van der Waals surface area contributed by atoms with E-state index < -0.39 is 71.6 Å². The van der Waals surface area contributed by atoms with Crippen LogP contribution in [0, 0.1) is 0 Å². The molecule has 1 fully saturated rings. The predicted octanol–water partition coefficient (Wildman–Crippen LogP) is 8.80. The molecule has 3 rings (SSSR count). The van der Waals surface area contributed by atoms with Crippen molar-refractivity contribution in [2.24, 2.45) is 0 Å². The van der Waals surface area contributed by atoms with Gasteiger partial charge in [-0.25, -0.2) is 4.18 Å². The third-order valence-corrected chi connectivity index (χ3v) is 12.4. The molecule has 364 valence electrons. The molecule has 1 aliphatic rings. The number of carbonyl (C=O) groups is 3. The summed E-state index contributed by atoms with van der Waals surface area (Å²) in [5.41, 5.74) is 2.62. The average Bonchev–Trinajstić information content (AvgIpc) is 3.27. The molecule has 0 bridgehead atoms. The van der Waals surface area contributed by atoms with Crippen LogP contribution in [0.1, 0.15) is 179 Å². The Morgan fingerprint density at radius 2 is 1.09 bits per heavy atom. The Kier molecular flexibility index (Phi) is 32.3. The van der Waals surface area contributed by atoms with Gasteiger partial charge in [0, 0.05) is 12.8 Å². The molecule has 13 nitrogen and oxygen atoms in total. The first kappa shape index (κ1) is 58.7. The van der Waals surface area contributed by atoms with E-state index >= 15 is 0 Å². The molecular formula is C50H80NNaO12S. The molecule has 0 radical (unpaired) electrons. The van der Waals surface area contributed by atoms with Crippen LogP contribution in [0.5, 0.6) is 0 Å². The topological polar surface area (TPSA) is 195 Å². The van der Waals surface area contributed by atoms with E-state index in [1.54, 1.807) is 0 Å². The normalized spacial score (nSPS) is 18.9. The zero-order valence-corrected chi connectivity index (χ0v) is 39.3. The molecule has 6 atom stereocenters. The van der Waals surface area contributed by atoms with E-state index in [1.165, 1.54) is 43.2 Å². The fourth-order valence-corrected chi connectivity index (χ4v) is 8.78. The van der Waals surface area contributed by atoms with Crippen molar-refractivity contribution in [3.05, 3.63) is 71.8 Å². The molecular weight excluding hydrogens is 862 g/mol. The quantitative estimate of drug-likeness (QED) is 0.0220. The Hall–Kier alpha value is -2.40. The maximum atomic E-state index is 14.0. The van der Waals surface area contributed by atoms with Gasteiger partial charge in [0.25, 0.3) is 5.91 Å². The average molecular weight is 942 g/mol. The summed E-state index contributed by atoms with van der Waals surface area (Å²) in [5.74, 6) is -2.09. The van der Waals surface area contributed by atoms with E-state index in [9.17, 15) is 37.6 Å². The van der Waals surface area contributed by atoms with Crippen LogP contribution in [-0.4, -0.2) is 114 Å². The van der Waals surface area contributed by atoms with Gasteiger partial charge in [0.2, 0.25) is 0 Å². The number of benzene rings is 2. The monoisotopic (exact) mass is 942 g/mol. The zero-order valence-electron chi connectivity index (χ0n) is 38.5. The predicted molar refractivity (Wildman–Crippen MR) is 255 cm³/mol. The number of amides is 1. The Labute approximate surface area is 412 Å². The van der Waals surface area contributed by atoms with Crippen molar-refractivity contribution >= 4 is 57.8 Å². The van der Waals surface area contributed by atoms with Gasteiger partial charge in [-0.3, -0.25) is 18.9 Å². The number of unbranched alkanes of at least 4 members (excludes halogenated alkanes) is 19. The summed E-state index contributed by atoms with van der Waals surface area (Å²) in [6.45, 7) is 1.32. The van der Waals surface area contributed by atoms with Gasteiger partial charge in [-0.2, -0.15) is 8.42 Å². The maximum absolute atomic E-state index is 14.0. The summed E-state index contributed by atoms with van der Waals surface area (Å²) < 4.78 is 55.4. The van der Waals surface area contributed by atoms with Crippen molar-refractivity contribution in [3.63, 3.8) is 0 Å². The summed E-state index contributed by atoms with van der Waals surface area (Å²) in [4.78, 5) is 40.4. The molecule has 2 unspecified atom stereocenters. The number of ether oxygens (including phenoxy) is 3. The van der Waals surface area contributed by atoms with Gasteiger partial charge in [-0.15, -0.1) is 0 Å². The van der Waals surface area contributed by atoms with E-state index in [0.717, 1.165) is 103 Å². The molecule has 2 aromatic rings. The third kappa shape index (κ3) is 26.7. The van der Waals surface area contributed by atoms with Crippen molar-refractivity contribution < 1.29 is 56.0 Å². The molecule has 65 heavy (non-hydrogen) atoms. The van der Waals surface area contributed by atoms with Crippen molar-refractivity contribution in [2.75, 3.05) is 6.61 Å². The van der Waals surface area contributed by atoms with Crippen LogP contribution in [0.4, 0.5) is 0 Å². The molecule has 0 saturated carbocycles. The van der Waals surface area contributed by atoms with Gasteiger partial charge in [-0.05, 0) is 62.5 Å². The van der Waals surface area contributed by atoms with Gasteiger partial charge < -0.3 is 29.7 Å². The minimum atomic E-state index is -5.19.